The van der Waals surface area contributed by atoms with Gasteiger partial charge in [-0.25, -0.2) is 4.79 Å². The predicted octanol–water partition coefficient (Wildman–Crippen LogP) is 0.0175. The fourth-order valence-electron chi connectivity index (χ4n) is 1.73. The summed E-state index contributed by atoms with van der Waals surface area (Å²) in [4.78, 5) is 23.4. The van der Waals surface area contributed by atoms with E-state index in [-0.39, 0.29) is 12.6 Å². The number of amides is 2. The molecule has 0 aromatic rings. The van der Waals surface area contributed by atoms with Crippen molar-refractivity contribution in [1.82, 2.24) is 10.2 Å². The van der Waals surface area contributed by atoms with E-state index in [1.165, 1.54) is 0 Å². The maximum absolute atomic E-state index is 11.5. The number of nitrogens with one attached hydrogen (secondary N) is 1. The highest BCUT2D eigenvalue weighted by atomic mass is 16.4. The number of nitrogens with zero attached hydrogens (tertiary/aromatic N) is 1. The minimum absolute atomic E-state index is 0.369. The van der Waals surface area contributed by atoms with Gasteiger partial charge in [0, 0.05) is 13.1 Å². The Morgan fingerprint density at radius 1 is 1.38 bits per heavy atom. The molecular formula is C10H18N2O4. The van der Waals surface area contributed by atoms with E-state index in [4.69, 9.17) is 5.11 Å². The molecule has 2 amide bonds. The molecule has 1 rings (SSSR count). The van der Waals surface area contributed by atoms with Crippen LogP contribution in [0.15, 0.2) is 0 Å². The molecule has 92 valence electrons. The molecule has 0 saturated carbocycles. The van der Waals surface area contributed by atoms with Crippen molar-refractivity contribution in [3.05, 3.63) is 0 Å². The molecule has 0 aliphatic carbocycles. The Labute approximate surface area is 94.2 Å². The molecule has 16 heavy (non-hydrogen) atoms. The Bertz CT molecular complexity index is 278. The average molecular weight is 230 g/mol. The number of urea groups is 1. The second-order valence-electron chi connectivity index (χ2n) is 4.39. The Balaban J connectivity index is 2.42. The zero-order chi connectivity index (χ0) is 12.2. The highest BCUT2D eigenvalue weighted by molar-refractivity contribution is 5.79. The second-order valence-corrected chi connectivity index (χ2v) is 4.39. The number of aliphatic carboxylic acids is 1. The first-order valence-corrected chi connectivity index (χ1v) is 5.38. The van der Waals surface area contributed by atoms with Crippen molar-refractivity contribution in [2.75, 3.05) is 19.6 Å². The second kappa shape index (κ2) is 5.16. The van der Waals surface area contributed by atoms with E-state index in [1.54, 1.807) is 11.8 Å². The highest BCUT2D eigenvalue weighted by Gasteiger charge is 2.26. The molecular weight excluding hydrogens is 212 g/mol. The van der Waals surface area contributed by atoms with Crippen molar-refractivity contribution in [2.45, 2.75) is 31.8 Å². The summed E-state index contributed by atoms with van der Waals surface area (Å²) >= 11 is 0. The molecule has 0 bridgehead atoms. The van der Waals surface area contributed by atoms with Crippen LogP contribution < -0.4 is 5.32 Å². The Hall–Kier alpha value is -1.30. The quantitative estimate of drug-likeness (QED) is 0.623. The van der Waals surface area contributed by atoms with Crippen LogP contribution in [-0.4, -0.2) is 52.3 Å². The van der Waals surface area contributed by atoms with Crippen molar-refractivity contribution >= 4 is 12.0 Å². The molecule has 1 saturated heterocycles. The van der Waals surface area contributed by atoms with E-state index in [2.05, 4.69) is 5.32 Å². The van der Waals surface area contributed by atoms with Gasteiger partial charge in [0.15, 0.2) is 0 Å². The standard InChI is InChI=1S/C10H18N2O4/c1-10(16)3-2-5-12(6-4-10)9(15)11-7-8(13)14/h16H,2-7H2,1H3,(H,11,15)(H,13,14). The monoisotopic (exact) mass is 230 g/mol. The number of carboxylic acids is 1. The van der Waals surface area contributed by atoms with Gasteiger partial charge >= 0.3 is 12.0 Å². The lowest BCUT2D eigenvalue weighted by atomic mass is 9.98. The van der Waals surface area contributed by atoms with Crippen LogP contribution in [0.4, 0.5) is 4.79 Å². The molecule has 0 aromatic heterocycles. The van der Waals surface area contributed by atoms with Gasteiger partial charge in [0.05, 0.1) is 5.60 Å². The fourth-order valence-corrected chi connectivity index (χ4v) is 1.73. The van der Waals surface area contributed by atoms with E-state index >= 15 is 0 Å². The lowest BCUT2D eigenvalue weighted by Crippen LogP contribution is -2.42. The lowest BCUT2D eigenvalue weighted by Gasteiger charge is -2.22. The molecule has 0 radical (unpaired) electrons. The molecule has 1 aliphatic heterocycles. The van der Waals surface area contributed by atoms with Crippen LogP contribution in [0.1, 0.15) is 26.2 Å². The van der Waals surface area contributed by atoms with E-state index < -0.39 is 11.6 Å². The third-order valence-electron chi connectivity index (χ3n) is 2.74. The Morgan fingerprint density at radius 3 is 2.69 bits per heavy atom. The van der Waals surface area contributed by atoms with Gasteiger partial charge in [-0.05, 0) is 26.2 Å². The van der Waals surface area contributed by atoms with Crippen molar-refractivity contribution in [1.29, 1.82) is 0 Å². The number of aliphatic hydroxyl groups is 1. The molecule has 1 fully saturated rings. The normalized spacial score (nSPS) is 26.0. The van der Waals surface area contributed by atoms with Gasteiger partial charge in [0.2, 0.25) is 0 Å². The molecule has 3 N–H and O–H groups in total. The topological polar surface area (TPSA) is 89.9 Å². The number of carboxylic acid groups (broad SMARTS) is 1. The van der Waals surface area contributed by atoms with Crippen molar-refractivity contribution in [3.8, 4) is 0 Å². The van der Waals surface area contributed by atoms with Gasteiger partial charge in [0.25, 0.3) is 0 Å². The summed E-state index contributed by atoms with van der Waals surface area (Å²) in [5, 5.41) is 20.6. The van der Waals surface area contributed by atoms with Crippen molar-refractivity contribution in [2.24, 2.45) is 0 Å². The third-order valence-corrected chi connectivity index (χ3v) is 2.74. The van der Waals surface area contributed by atoms with Gasteiger partial charge < -0.3 is 20.4 Å². The molecule has 1 unspecified atom stereocenters. The van der Waals surface area contributed by atoms with E-state index in [9.17, 15) is 14.7 Å². The predicted molar refractivity (Wildman–Crippen MR) is 57.1 cm³/mol. The third kappa shape index (κ3) is 4.06. The minimum atomic E-state index is -1.06. The Kier molecular flexibility index (Phi) is 4.12. The average Bonchev–Trinajstić information content (AvgIpc) is 2.35. The van der Waals surface area contributed by atoms with Gasteiger partial charge in [-0.2, -0.15) is 0 Å². The molecule has 1 aliphatic rings. The molecule has 1 heterocycles. The van der Waals surface area contributed by atoms with E-state index in [0.717, 1.165) is 6.42 Å². The molecule has 0 spiro atoms. The molecule has 6 nitrogen and oxygen atoms in total. The van der Waals surface area contributed by atoms with Crippen LogP contribution in [0.5, 0.6) is 0 Å². The van der Waals surface area contributed by atoms with Gasteiger partial charge in [0.1, 0.15) is 6.54 Å². The first-order chi connectivity index (χ1) is 7.41. The maximum Gasteiger partial charge on any atom is 0.323 e. The van der Waals surface area contributed by atoms with Crippen LogP contribution in [0, 0.1) is 0 Å². The first-order valence-electron chi connectivity index (χ1n) is 5.38. The minimum Gasteiger partial charge on any atom is -0.480 e. The first kappa shape index (κ1) is 12.8. The summed E-state index contributed by atoms with van der Waals surface area (Å²) in [6, 6.07) is -0.375. The molecule has 1 atom stereocenters. The lowest BCUT2D eigenvalue weighted by molar-refractivity contribution is -0.135. The van der Waals surface area contributed by atoms with E-state index in [1.807, 2.05) is 0 Å². The van der Waals surface area contributed by atoms with Gasteiger partial charge in [-0.15, -0.1) is 0 Å². The Morgan fingerprint density at radius 2 is 2.06 bits per heavy atom. The smallest absolute Gasteiger partial charge is 0.323 e. The van der Waals surface area contributed by atoms with Crippen LogP contribution in [0.3, 0.4) is 0 Å². The summed E-state index contributed by atoms with van der Waals surface area (Å²) in [6.07, 6.45) is 1.91. The molecule has 6 heteroatoms. The number of carbonyl (C=O) groups excluding carboxylic acids is 1. The largest absolute Gasteiger partial charge is 0.480 e. The zero-order valence-electron chi connectivity index (χ0n) is 9.40. The fraction of sp³-hybridized carbons (Fsp3) is 0.800. The number of carbonyl (C=O) groups is 2. The zero-order valence-corrected chi connectivity index (χ0v) is 9.40. The van der Waals surface area contributed by atoms with Crippen LogP contribution in [0.25, 0.3) is 0 Å². The summed E-state index contributed by atoms with van der Waals surface area (Å²) in [7, 11) is 0. The molecule has 0 aromatic carbocycles. The van der Waals surface area contributed by atoms with Crippen LogP contribution >= 0.6 is 0 Å². The summed E-state index contributed by atoms with van der Waals surface area (Å²) < 4.78 is 0. The van der Waals surface area contributed by atoms with E-state index in [0.29, 0.717) is 25.9 Å². The SMILES string of the molecule is CC1(O)CCCN(C(=O)NCC(=O)O)CC1. The number of hydrogen-bond acceptors (Lipinski definition) is 3. The highest BCUT2D eigenvalue weighted by Crippen LogP contribution is 2.21. The summed E-state index contributed by atoms with van der Waals surface area (Å²) in [5.74, 6) is -1.06. The van der Waals surface area contributed by atoms with Gasteiger partial charge in [-0.1, -0.05) is 0 Å². The maximum atomic E-state index is 11.5. The van der Waals surface area contributed by atoms with Gasteiger partial charge in [-0.3, -0.25) is 4.79 Å². The number of hydrogen-bond donors (Lipinski definition) is 3. The van der Waals surface area contributed by atoms with Crippen molar-refractivity contribution < 1.29 is 19.8 Å². The summed E-state index contributed by atoms with van der Waals surface area (Å²) in [5.41, 5.74) is -0.720. The number of rotatable bonds is 2. The van der Waals surface area contributed by atoms with Crippen LogP contribution in [0.2, 0.25) is 0 Å². The van der Waals surface area contributed by atoms with Crippen LogP contribution in [-0.2, 0) is 4.79 Å². The van der Waals surface area contributed by atoms with Crippen molar-refractivity contribution in [3.63, 3.8) is 0 Å². The number of likely N-dealkylation sites (tertiary alicyclic amines) is 1. The summed E-state index contributed by atoms with van der Waals surface area (Å²) in [6.45, 7) is 2.40.